The van der Waals surface area contributed by atoms with Gasteiger partial charge in [-0.15, -0.1) is 0 Å². The van der Waals surface area contributed by atoms with E-state index in [0.29, 0.717) is 11.7 Å². The van der Waals surface area contributed by atoms with Crippen molar-refractivity contribution in [3.8, 4) is 0 Å². The molecule has 2 N–H and O–H groups in total. The fraction of sp³-hybridized carbons (Fsp3) is 0.208. The number of hydrogen-bond acceptors (Lipinski definition) is 3. The third-order valence-corrected chi connectivity index (χ3v) is 5.48. The van der Waals surface area contributed by atoms with Gasteiger partial charge < -0.3 is 10.6 Å². The molecule has 0 aliphatic heterocycles. The topological polar surface area (TPSA) is 59.7 Å². The van der Waals surface area contributed by atoms with Crippen molar-refractivity contribution in [3.63, 3.8) is 0 Å². The molecular weight excluding hydrogens is 404 g/mol. The summed E-state index contributed by atoms with van der Waals surface area (Å²) in [6.07, 6.45) is 3.72. The first kappa shape index (κ1) is 20.8. The van der Waals surface area contributed by atoms with Crippen LogP contribution in [0, 0.1) is 20.8 Å². The Balaban J connectivity index is 1.41. The van der Waals surface area contributed by atoms with E-state index in [1.54, 1.807) is 6.20 Å². The van der Waals surface area contributed by atoms with Crippen LogP contribution in [0.2, 0.25) is 0 Å². The summed E-state index contributed by atoms with van der Waals surface area (Å²) in [7, 11) is 0. The summed E-state index contributed by atoms with van der Waals surface area (Å²) in [5, 5.41) is 16.2. The number of thiocarbonyl (C=S) groups is 1. The molecule has 0 unspecified atom stereocenters. The Morgan fingerprint density at radius 2 is 1.68 bits per heavy atom. The minimum absolute atomic E-state index is 0.515. The van der Waals surface area contributed by atoms with E-state index in [1.807, 2.05) is 40.7 Å². The summed E-state index contributed by atoms with van der Waals surface area (Å²) >= 11 is 5.54. The predicted molar refractivity (Wildman–Crippen MR) is 130 cm³/mol. The lowest BCUT2D eigenvalue weighted by Gasteiger charge is -2.11. The standard InChI is InChI=1S/C24H26N6S/c1-17-9-7-8-12-21(17)15-30-19(3)23(18(2)28-30)27-24(31)26-22-13-25-29(16-22)14-20-10-5-4-6-11-20/h4-13,16H,14-15H2,1-3H3,(H2,26,27,31). The van der Waals surface area contributed by atoms with Gasteiger partial charge in [0.05, 0.1) is 42.0 Å². The highest BCUT2D eigenvalue weighted by molar-refractivity contribution is 7.80. The van der Waals surface area contributed by atoms with Gasteiger partial charge in [0.15, 0.2) is 5.11 Å². The Morgan fingerprint density at radius 3 is 2.45 bits per heavy atom. The molecule has 158 valence electrons. The molecule has 4 aromatic rings. The molecule has 2 aromatic heterocycles. The summed E-state index contributed by atoms with van der Waals surface area (Å²) in [5.74, 6) is 0. The maximum atomic E-state index is 5.54. The smallest absolute Gasteiger partial charge is 0.175 e. The number of nitrogens with one attached hydrogen (secondary N) is 2. The molecule has 7 heteroatoms. The average Bonchev–Trinajstić information content (AvgIpc) is 3.29. The van der Waals surface area contributed by atoms with Gasteiger partial charge in [0.2, 0.25) is 0 Å². The Morgan fingerprint density at radius 1 is 0.935 bits per heavy atom. The molecule has 0 saturated heterocycles. The third kappa shape index (κ3) is 5.00. The average molecular weight is 431 g/mol. The summed E-state index contributed by atoms with van der Waals surface area (Å²) in [4.78, 5) is 0. The Hall–Kier alpha value is -3.45. The van der Waals surface area contributed by atoms with Crippen LogP contribution < -0.4 is 10.6 Å². The normalized spacial score (nSPS) is 10.8. The molecule has 2 aromatic carbocycles. The Labute approximate surface area is 187 Å². The van der Waals surface area contributed by atoms with E-state index in [0.717, 1.165) is 29.3 Å². The number of benzene rings is 2. The highest BCUT2D eigenvalue weighted by atomic mass is 32.1. The molecule has 31 heavy (non-hydrogen) atoms. The maximum Gasteiger partial charge on any atom is 0.175 e. The molecule has 4 rings (SSSR count). The molecular formula is C24H26N6S. The molecule has 0 radical (unpaired) electrons. The maximum absolute atomic E-state index is 5.54. The first-order valence-corrected chi connectivity index (χ1v) is 10.6. The number of aryl methyl sites for hydroxylation is 2. The van der Waals surface area contributed by atoms with Crippen molar-refractivity contribution in [2.45, 2.75) is 33.9 Å². The second-order valence-corrected chi connectivity index (χ2v) is 8.03. The zero-order valence-electron chi connectivity index (χ0n) is 18.0. The lowest BCUT2D eigenvalue weighted by molar-refractivity contribution is 0.657. The number of anilines is 2. The van der Waals surface area contributed by atoms with Gasteiger partial charge >= 0.3 is 0 Å². The second kappa shape index (κ2) is 9.14. The molecule has 0 aliphatic rings. The molecule has 0 saturated carbocycles. The second-order valence-electron chi connectivity index (χ2n) is 7.62. The van der Waals surface area contributed by atoms with Crippen molar-refractivity contribution in [2.75, 3.05) is 10.6 Å². The van der Waals surface area contributed by atoms with Crippen LogP contribution >= 0.6 is 12.2 Å². The third-order valence-electron chi connectivity index (χ3n) is 5.28. The van der Waals surface area contributed by atoms with Gasteiger partial charge in [-0.1, -0.05) is 54.6 Å². The van der Waals surface area contributed by atoms with Crippen LogP contribution in [0.25, 0.3) is 0 Å². The van der Waals surface area contributed by atoms with Crippen molar-refractivity contribution in [1.29, 1.82) is 0 Å². The Kier molecular flexibility index (Phi) is 6.13. The van der Waals surface area contributed by atoms with Crippen molar-refractivity contribution >= 4 is 28.7 Å². The van der Waals surface area contributed by atoms with Crippen LogP contribution in [0.1, 0.15) is 28.1 Å². The van der Waals surface area contributed by atoms with Crippen LogP contribution in [0.5, 0.6) is 0 Å². The monoisotopic (exact) mass is 430 g/mol. The number of hydrogen-bond donors (Lipinski definition) is 2. The molecule has 0 amide bonds. The summed E-state index contributed by atoms with van der Waals surface area (Å²) in [6, 6.07) is 18.6. The lowest BCUT2D eigenvalue weighted by Crippen LogP contribution is -2.19. The zero-order chi connectivity index (χ0) is 21.8. The molecule has 0 atom stereocenters. The quantitative estimate of drug-likeness (QED) is 0.426. The first-order valence-electron chi connectivity index (χ1n) is 10.2. The van der Waals surface area contributed by atoms with Crippen LogP contribution in [0.3, 0.4) is 0 Å². The van der Waals surface area contributed by atoms with Gasteiger partial charge in [-0.05, 0) is 49.7 Å². The van der Waals surface area contributed by atoms with Crippen LogP contribution in [0.15, 0.2) is 67.0 Å². The fourth-order valence-corrected chi connectivity index (χ4v) is 3.76. The summed E-state index contributed by atoms with van der Waals surface area (Å²) in [6.45, 7) is 7.61. The van der Waals surface area contributed by atoms with Crippen LogP contribution in [-0.2, 0) is 13.1 Å². The number of rotatable bonds is 6. The summed E-state index contributed by atoms with van der Waals surface area (Å²) in [5.41, 5.74) is 7.45. The van der Waals surface area contributed by atoms with E-state index in [4.69, 9.17) is 17.3 Å². The largest absolute Gasteiger partial charge is 0.330 e. The van der Waals surface area contributed by atoms with E-state index >= 15 is 0 Å². The van der Waals surface area contributed by atoms with E-state index < -0.39 is 0 Å². The molecule has 0 aliphatic carbocycles. The molecule has 6 nitrogen and oxygen atoms in total. The first-order chi connectivity index (χ1) is 15.0. The summed E-state index contributed by atoms with van der Waals surface area (Å²) < 4.78 is 3.90. The molecule has 0 bridgehead atoms. The zero-order valence-corrected chi connectivity index (χ0v) is 18.8. The Bertz CT molecular complexity index is 1190. The molecule has 0 fully saturated rings. The van der Waals surface area contributed by atoms with E-state index in [9.17, 15) is 0 Å². The predicted octanol–water partition coefficient (Wildman–Crippen LogP) is 4.91. The van der Waals surface area contributed by atoms with E-state index in [-0.39, 0.29) is 0 Å². The minimum Gasteiger partial charge on any atom is -0.330 e. The lowest BCUT2D eigenvalue weighted by atomic mass is 10.1. The van der Waals surface area contributed by atoms with Gasteiger partial charge in [-0.3, -0.25) is 9.36 Å². The van der Waals surface area contributed by atoms with Crippen molar-refractivity contribution in [3.05, 3.63) is 95.1 Å². The fourth-order valence-electron chi connectivity index (χ4n) is 3.54. The van der Waals surface area contributed by atoms with Gasteiger partial charge in [-0.25, -0.2) is 0 Å². The van der Waals surface area contributed by atoms with Crippen molar-refractivity contribution < 1.29 is 0 Å². The van der Waals surface area contributed by atoms with Gasteiger partial charge in [0, 0.05) is 6.20 Å². The van der Waals surface area contributed by atoms with Gasteiger partial charge in [-0.2, -0.15) is 10.2 Å². The van der Waals surface area contributed by atoms with Gasteiger partial charge in [0.1, 0.15) is 0 Å². The van der Waals surface area contributed by atoms with Crippen LogP contribution in [-0.4, -0.2) is 24.7 Å². The van der Waals surface area contributed by atoms with E-state index in [1.165, 1.54) is 16.7 Å². The van der Waals surface area contributed by atoms with Gasteiger partial charge in [0.25, 0.3) is 0 Å². The minimum atomic E-state index is 0.515. The van der Waals surface area contributed by atoms with E-state index in [2.05, 4.69) is 66.0 Å². The molecule has 0 spiro atoms. The van der Waals surface area contributed by atoms with Crippen molar-refractivity contribution in [2.24, 2.45) is 0 Å². The van der Waals surface area contributed by atoms with Crippen LogP contribution in [0.4, 0.5) is 11.4 Å². The highest BCUT2D eigenvalue weighted by Crippen LogP contribution is 2.21. The number of nitrogens with zero attached hydrogens (tertiary/aromatic N) is 4. The SMILES string of the molecule is Cc1ccccc1Cn1nc(C)c(NC(=S)Nc2cnn(Cc3ccccc3)c2)c1C. The van der Waals surface area contributed by atoms with Crippen molar-refractivity contribution in [1.82, 2.24) is 19.6 Å². The molecule has 2 heterocycles. The number of aromatic nitrogens is 4. The highest BCUT2D eigenvalue weighted by Gasteiger charge is 2.14.